The van der Waals surface area contributed by atoms with E-state index in [1.54, 1.807) is 0 Å². The van der Waals surface area contributed by atoms with E-state index < -0.39 is 0 Å². The summed E-state index contributed by atoms with van der Waals surface area (Å²) in [6.45, 7) is 6.96. The Morgan fingerprint density at radius 1 is 1.56 bits per heavy atom. The quantitative estimate of drug-likeness (QED) is 0.906. The Hall–Kier alpha value is -0.870. The minimum absolute atomic E-state index is 0.317. The van der Waals surface area contributed by atoms with E-state index in [-0.39, 0.29) is 0 Å². The lowest BCUT2D eigenvalue weighted by molar-refractivity contribution is -0.134. The van der Waals surface area contributed by atoms with Crippen LogP contribution in [0.4, 0.5) is 0 Å². The number of hydrogen-bond acceptors (Lipinski definition) is 3. The highest BCUT2D eigenvalue weighted by atomic mass is 32.1. The lowest BCUT2D eigenvalue weighted by Gasteiger charge is -2.34. The van der Waals surface area contributed by atoms with Gasteiger partial charge in [0.2, 0.25) is 5.91 Å². The van der Waals surface area contributed by atoms with E-state index in [1.807, 2.05) is 16.2 Å². The maximum atomic E-state index is 12.1. The van der Waals surface area contributed by atoms with Crippen LogP contribution in [-0.2, 0) is 11.2 Å². The van der Waals surface area contributed by atoms with E-state index in [4.69, 9.17) is 0 Å². The fourth-order valence-corrected chi connectivity index (χ4v) is 3.32. The molecular weight excluding hydrogens is 244 g/mol. The molecule has 100 valence electrons. The van der Waals surface area contributed by atoms with E-state index in [2.05, 4.69) is 31.3 Å². The molecule has 3 nitrogen and oxygen atoms in total. The van der Waals surface area contributed by atoms with Gasteiger partial charge in [0.15, 0.2) is 0 Å². The molecule has 18 heavy (non-hydrogen) atoms. The predicted octanol–water partition coefficient (Wildman–Crippen LogP) is 2.20. The number of carbonyl (C=O) groups is 1. The van der Waals surface area contributed by atoms with Gasteiger partial charge in [-0.3, -0.25) is 4.79 Å². The summed E-state index contributed by atoms with van der Waals surface area (Å²) >= 11 is 1.84. The molecule has 1 saturated heterocycles. The van der Waals surface area contributed by atoms with E-state index in [9.17, 15) is 4.79 Å². The molecule has 4 heteroatoms. The van der Waals surface area contributed by atoms with Crippen molar-refractivity contribution in [1.82, 2.24) is 10.2 Å². The van der Waals surface area contributed by atoms with E-state index in [0.717, 1.165) is 32.5 Å². The van der Waals surface area contributed by atoms with Crippen LogP contribution in [0.5, 0.6) is 0 Å². The first-order chi connectivity index (χ1) is 8.66. The molecule has 1 aliphatic heterocycles. The highest BCUT2D eigenvalue weighted by molar-refractivity contribution is 7.11. The van der Waals surface area contributed by atoms with Crippen LogP contribution in [0.1, 0.15) is 29.5 Å². The molecule has 0 aliphatic carbocycles. The molecule has 1 aromatic rings. The van der Waals surface area contributed by atoms with Crippen molar-refractivity contribution in [3.05, 3.63) is 21.9 Å². The molecule has 2 heterocycles. The van der Waals surface area contributed by atoms with Gasteiger partial charge in [-0.25, -0.2) is 0 Å². The molecule has 1 unspecified atom stereocenters. The maximum absolute atomic E-state index is 12.1. The normalized spacial score (nSPS) is 20.1. The van der Waals surface area contributed by atoms with Gasteiger partial charge in [-0.2, -0.15) is 0 Å². The number of carbonyl (C=O) groups excluding carboxylic acids is 1. The number of aryl methyl sites for hydroxylation is 2. The molecule has 0 bridgehead atoms. The summed E-state index contributed by atoms with van der Waals surface area (Å²) in [4.78, 5) is 16.9. The van der Waals surface area contributed by atoms with Crippen molar-refractivity contribution in [3.8, 4) is 0 Å². The zero-order chi connectivity index (χ0) is 13.0. The molecule has 1 aliphatic rings. The van der Waals surface area contributed by atoms with E-state index >= 15 is 0 Å². The molecule has 1 fully saturated rings. The Labute approximate surface area is 113 Å². The Morgan fingerprint density at radius 2 is 2.39 bits per heavy atom. The number of amides is 1. The van der Waals surface area contributed by atoms with Crippen molar-refractivity contribution in [3.63, 3.8) is 0 Å². The first kappa shape index (κ1) is 13.6. The zero-order valence-electron chi connectivity index (χ0n) is 11.2. The summed E-state index contributed by atoms with van der Waals surface area (Å²) in [5, 5.41) is 3.31. The van der Waals surface area contributed by atoms with Gasteiger partial charge in [0.1, 0.15) is 0 Å². The Balaban J connectivity index is 1.74. The minimum Gasteiger partial charge on any atom is -0.337 e. The van der Waals surface area contributed by atoms with E-state index in [0.29, 0.717) is 18.4 Å². The molecule has 0 saturated carbocycles. The second-order valence-corrected chi connectivity index (χ2v) is 6.38. The largest absolute Gasteiger partial charge is 0.337 e. The van der Waals surface area contributed by atoms with Crippen molar-refractivity contribution in [1.29, 1.82) is 0 Å². The fourth-order valence-electron chi connectivity index (χ4n) is 2.39. The van der Waals surface area contributed by atoms with Gasteiger partial charge >= 0.3 is 0 Å². The van der Waals surface area contributed by atoms with Crippen LogP contribution >= 0.6 is 11.3 Å². The standard InChI is InChI=1S/C14H22N2OS/c1-11-10-15-8-9-16(11)14(17)5-3-4-13-7-6-12(2)18-13/h6-7,11,15H,3-5,8-10H2,1-2H3. The SMILES string of the molecule is Cc1ccc(CCCC(=O)N2CCNCC2C)s1. The molecule has 1 aromatic heterocycles. The third kappa shape index (κ3) is 3.56. The molecule has 2 rings (SSSR count). The van der Waals surface area contributed by atoms with Crippen LogP contribution in [0.25, 0.3) is 0 Å². The van der Waals surface area contributed by atoms with Gasteiger partial charge in [0, 0.05) is 41.9 Å². The number of rotatable bonds is 4. The van der Waals surface area contributed by atoms with Gasteiger partial charge in [0.05, 0.1) is 0 Å². The third-order valence-electron chi connectivity index (χ3n) is 3.43. The third-order valence-corrected chi connectivity index (χ3v) is 4.49. The molecule has 1 N–H and O–H groups in total. The lowest BCUT2D eigenvalue weighted by atomic mass is 10.1. The van der Waals surface area contributed by atoms with Crippen molar-refractivity contribution >= 4 is 17.2 Å². The van der Waals surface area contributed by atoms with E-state index in [1.165, 1.54) is 9.75 Å². The van der Waals surface area contributed by atoms with Gasteiger partial charge < -0.3 is 10.2 Å². The Bertz CT molecular complexity index is 402. The number of nitrogens with zero attached hydrogens (tertiary/aromatic N) is 1. The number of nitrogens with one attached hydrogen (secondary N) is 1. The Kier molecular flexibility index (Phi) is 4.78. The summed E-state index contributed by atoms with van der Waals surface area (Å²) in [7, 11) is 0. The second-order valence-electron chi connectivity index (χ2n) is 5.01. The molecule has 0 aromatic carbocycles. The lowest BCUT2D eigenvalue weighted by Crippen LogP contribution is -2.52. The molecule has 1 amide bonds. The minimum atomic E-state index is 0.317. The number of piperazine rings is 1. The highest BCUT2D eigenvalue weighted by Crippen LogP contribution is 2.17. The molecule has 1 atom stereocenters. The van der Waals surface area contributed by atoms with Crippen molar-refractivity contribution in [2.24, 2.45) is 0 Å². The maximum Gasteiger partial charge on any atom is 0.222 e. The average molecular weight is 266 g/mol. The predicted molar refractivity (Wildman–Crippen MR) is 76.0 cm³/mol. The summed E-state index contributed by atoms with van der Waals surface area (Å²) in [6.07, 6.45) is 2.68. The molecule has 0 radical (unpaired) electrons. The zero-order valence-corrected chi connectivity index (χ0v) is 12.1. The van der Waals surface area contributed by atoms with Gasteiger partial charge in [0.25, 0.3) is 0 Å². The summed E-state index contributed by atoms with van der Waals surface area (Å²) in [6, 6.07) is 4.67. The van der Waals surface area contributed by atoms with Gasteiger partial charge in [-0.15, -0.1) is 11.3 Å². The summed E-state index contributed by atoms with van der Waals surface area (Å²) in [5.41, 5.74) is 0. The van der Waals surface area contributed by atoms with Crippen molar-refractivity contribution in [2.75, 3.05) is 19.6 Å². The number of hydrogen-bond donors (Lipinski definition) is 1. The number of thiophene rings is 1. The highest BCUT2D eigenvalue weighted by Gasteiger charge is 2.22. The van der Waals surface area contributed by atoms with Crippen LogP contribution in [0.15, 0.2) is 12.1 Å². The summed E-state index contributed by atoms with van der Waals surface area (Å²) < 4.78 is 0. The van der Waals surface area contributed by atoms with Crippen LogP contribution in [0, 0.1) is 6.92 Å². The first-order valence-electron chi connectivity index (χ1n) is 6.72. The fraction of sp³-hybridized carbons (Fsp3) is 0.643. The van der Waals surface area contributed by atoms with Gasteiger partial charge in [-0.1, -0.05) is 0 Å². The van der Waals surface area contributed by atoms with Crippen LogP contribution in [0.2, 0.25) is 0 Å². The second kappa shape index (κ2) is 6.34. The van der Waals surface area contributed by atoms with Crippen LogP contribution < -0.4 is 5.32 Å². The van der Waals surface area contributed by atoms with Crippen LogP contribution in [-0.4, -0.2) is 36.5 Å². The monoisotopic (exact) mass is 266 g/mol. The molecular formula is C14H22N2OS. The van der Waals surface area contributed by atoms with Crippen molar-refractivity contribution in [2.45, 2.75) is 39.2 Å². The first-order valence-corrected chi connectivity index (χ1v) is 7.54. The van der Waals surface area contributed by atoms with Gasteiger partial charge in [-0.05, 0) is 38.8 Å². The summed E-state index contributed by atoms with van der Waals surface area (Å²) in [5.74, 6) is 0.317. The average Bonchev–Trinajstić information content (AvgIpc) is 2.75. The smallest absolute Gasteiger partial charge is 0.222 e. The topological polar surface area (TPSA) is 32.3 Å². The van der Waals surface area contributed by atoms with Crippen molar-refractivity contribution < 1.29 is 4.79 Å². The molecule has 0 spiro atoms. The van der Waals surface area contributed by atoms with Crippen LogP contribution in [0.3, 0.4) is 0 Å². The Morgan fingerprint density at radius 3 is 3.06 bits per heavy atom.